The van der Waals surface area contributed by atoms with Crippen LogP contribution in [0.5, 0.6) is 5.75 Å². The summed E-state index contributed by atoms with van der Waals surface area (Å²) < 4.78 is 33.0. The molecule has 0 aliphatic carbocycles. The maximum atomic E-state index is 13.3. The van der Waals surface area contributed by atoms with Crippen molar-refractivity contribution < 1.29 is 17.9 Å². The maximum Gasteiger partial charge on any atom is 0.278 e. The number of amides is 1. The lowest BCUT2D eigenvalue weighted by molar-refractivity contribution is -0.119. The standard InChI is InChI=1S/C24H24ClNO4S/c1-2-3-8-19-13-15-21(16-14-19)26(31(28,29)23-11-5-4-6-12-23)24(27)18-30-22-10-7-9-20(25)17-22/h4-7,9-17H,2-3,8,18H2,1H3. The second kappa shape index (κ2) is 10.5. The minimum Gasteiger partial charge on any atom is -0.484 e. The molecule has 0 aliphatic heterocycles. The SMILES string of the molecule is CCCCc1ccc(N(C(=O)COc2cccc(Cl)c2)S(=O)(=O)c2ccccc2)cc1. The Kier molecular flexibility index (Phi) is 7.71. The number of aryl methyl sites for hydroxylation is 1. The first kappa shape index (κ1) is 22.8. The van der Waals surface area contributed by atoms with Gasteiger partial charge in [-0.2, -0.15) is 4.31 Å². The van der Waals surface area contributed by atoms with Crippen LogP contribution in [0.1, 0.15) is 25.3 Å². The molecule has 0 aliphatic rings. The number of sulfonamides is 1. The number of rotatable bonds is 9. The van der Waals surface area contributed by atoms with Crippen LogP contribution in [0.15, 0.2) is 83.8 Å². The summed E-state index contributed by atoms with van der Waals surface area (Å²) in [5.41, 5.74) is 1.36. The lowest BCUT2D eigenvalue weighted by Crippen LogP contribution is -2.40. The van der Waals surface area contributed by atoms with Crippen LogP contribution in [0.4, 0.5) is 5.69 Å². The van der Waals surface area contributed by atoms with E-state index in [2.05, 4.69) is 6.92 Å². The van der Waals surface area contributed by atoms with Crippen molar-refractivity contribution in [3.05, 3.63) is 89.4 Å². The van der Waals surface area contributed by atoms with E-state index in [-0.39, 0.29) is 10.6 Å². The number of nitrogens with zero attached hydrogens (tertiary/aromatic N) is 1. The Morgan fingerprint density at radius 1 is 0.968 bits per heavy atom. The predicted octanol–water partition coefficient (Wildman–Crippen LogP) is 5.48. The molecule has 0 radical (unpaired) electrons. The molecule has 0 atom stereocenters. The van der Waals surface area contributed by atoms with Crippen molar-refractivity contribution in [1.29, 1.82) is 0 Å². The van der Waals surface area contributed by atoms with Crippen LogP contribution < -0.4 is 9.04 Å². The fraction of sp³-hybridized carbons (Fsp3) is 0.208. The van der Waals surface area contributed by atoms with E-state index >= 15 is 0 Å². The van der Waals surface area contributed by atoms with E-state index in [4.69, 9.17) is 16.3 Å². The first-order valence-corrected chi connectivity index (χ1v) is 11.8. The van der Waals surface area contributed by atoms with Gasteiger partial charge >= 0.3 is 0 Å². The van der Waals surface area contributed by atoms with Crippen LogP contribution in [-0.4, -0.2) is 20.9 Å². The molecule has 0 unspecified atom stereocenters. The van der Waals surface area contributed by atoms with E-state index in [1.165, 1.54) is 12.1 Å². The number of unbranched alkanes of at least 4 members (excludes halogenated alkanes) is 1. The number of halogens is 1. The van der Waals surface area contributed by atoms with Crippen LogP contribution >= 0.6 is 11.6 Å². The number of anilines is 1. The first-order valence-electron chi connectivity index (χ1n) is 10.0. The molecule has 3 aromatic carbocycles. The van der Waals surface area contributed by atoms with E-state index in [1.54, 1.807) is 54.6 Å². The highest BCUT2D eigenvalue weighted by molar-refractivity contribution is 7.93. The molecule has 31 heavy (non-hydrogen) atoms. The van der Waals surface area contributed by atoms with Gasteiger partial charge in [-0.15, -0.1) is 0 Å². The van der Waals surface area contributed by atoms with Crippen molar-refractivity contribution in [2.24, 2.45) is 0 Å². The van der Waals surface area contributed by atoms with E-state index in [9.17, 15) is 13.2 Å². The van der Waals surface area contributed by atoms with Gasteiger partial charge < -0.3 is 4.74 Å². The Hall–Kier alpha value is -2.83. The highest BCUT2D eigenvalue weighted by Gasteiger charge is 2.31. The van der Waals surface area contributed by atoms with Crippen molar-refractivity contribution in [3.63, 3.8) is 0 Å². The molecule has 0 fully saturated rings. The van der Waals surface area contributed by atoms with Crippen LogP contribution in [0.25, 0.3) is 0 Å². The molecular weight excluding hydrogens is 434 g/mol. The Morgan fingerprint density at radius 2 is 1.68 bits per heavy atom. The molecule has 0 N–H and O–H groups in total. The molecule has 3 rings (SSSR count). The second-order valence-electron chi connectivity index (χ2n) is 6.99. The van der Waals surface area contributed by atoms with Crippen LogP contribution in [-0.2, 0) is 21.2 Å². The predicted molar refractivity (Wildman–Crippen MR) is 123 cm³/mol. The Morgan fingerprint density at radius 3 is 2.32 bits per heavy atom. The summed E-state index contributed by atoms with van der Waals surface area (Å²) in [5, 5.41) is 0.460. The van der Waals surface area contributed by atoms with E-state index in [0.717, 1.165) is 29.1 Å². The summed E-state index contributed by atoms with van der Waals surface area (Å²) >= 11 is 5.95. The number of hydrogen-bond acceptors (Lipinski definition) is 4. The third-order valence-corrected chi connectivity index (χ3v) is 6.65. The van der Waals surface area contributed by atoms with Crippen molar-refractivity contribution in [2.45, 2.75) is 31.1 Å². The summed E-state index contributed by atoms with van der Waals surface area (Å²) in [6.07, 6.45) is 3.00. The van der Waals surface area contributed by atoms with Gasteiger partial charge in [-0.3, -0.25) is 4.79 Å². The molecule has 5 nitrogen and oxygen atoms in total. The molecule has 0 heterocycles. The zero-order valence-electron chi connectivity index (χ0n) is 17.2. The zero-order valence-corrected chi connectivity index (χ0v) is 18.8. The summed E-state index contributed by atoms with van der Waals surface area (Å²) in [6, 6.07) is 21.5. The van der Waals surface area contributed by atoms with Crippen LogP contribution in [0.2, 0.25) is 5.02 Å². The monoisotopic (exact) mass is 457 g/mol. The van der Waals surface area contributed by atoms with E-state index < -0.39 is 22.5 Å². The minimum atomic E-state index is -4.12. The summed E-state index contributed by atoms with van der Waals surface area (Å²) in [5.74, 6) is -0.321. The molecule has 1 amide bonds. The van der Waals surface area contributed by atoms with Crippen molar-refractivity contribution in [1.82, 2.24) is 0 Å². The van der Waals surface area contributed by atoms with Gasteiger partial charge in [0.1, 0.15) is 5.75 Å². The molecule has 0 bridgehead atoms. The van der Waals surface area contributed by atoms with Gasteiger partial charge in [-0.1, -0.05) is 61.3 Å². The van der Waals surface area contributed by atoms with E-state index in [1.807, 2.05) is 12.1 Å². The van der Waals surface area contributed by atoms with Gasteiger partial charge in [0.25, 0.3) is 15.9 Å². The van der Waals surface area contributed by atoms with Crippen molar-refractivity contribution in [3.8, 4) is 5.75 Å². The van der Waals surface area contributed by atoms with Gasteiger partial charge in [0.15, 0.2) is 6.61 Å². The number of ether oxygens (including phenoxy) is 1. The van der Waals surface area contributed by atoms with Crippen LogP contribution in [0.3, 0.4) is 0 Å². The molecule has 3 aromatic rings. The number of carbonyl (C=O) groups excluding carboxylic acids is 1. The molecule has 0 saturated heterocycles. The van der Waals surface area contributed by atoms with Gasteiger partial charge in [0.05, 0.1) is 10.6 Å². The molecule has 7 heteroatoms. The molecule has 0 aromatic heterocycles. The highest BCUT2D eigenvalue weighted by Crippen LogP contribution is 2.25. The number of benzene rings is 3. The Labute approximate surface area is 188 Å². The van der Waals surface area contributed by atoms with Gasteiger partial charge in [0.2, 0.25) is 0 Å². The summed E-state index contributed by atoms with van der Waals surface area (Å²) in [4.78, 5) is 13.1. The Bertz CT molecular complexity index is 1120. The first-order chi connectivity index (χ1) is 14.9. The maximum absolute atomic E-state index is 13.3. The minimum absolute atomic E-state index is 0.0289. The lowest BCUT2D eigenvalue weighted by atomic mass is 10.1. The molecule has 0 saturated carbocycles. The quantitative estimate of drug-likeness (QED) is 0.426. The summed E-state index contributed by atoms with van der Waals surface area (Å²) in [7, 11) is -4.12. The van der Waals surface area contributed by atoms with Gasteiger partial charge in [-0.05, 0) is 60.9 Å². The smallest absolute Gasteiger partial charge is 0.278 e. The molecule has 162 valence electrons. The summed E-state index contributed by atoms with van der Waals surface area (Å²) in [6.45, 7) is 1.66. The second-order valence-corrected chi connectivity index (χ2v) is 9.22. The zero-order chi connectivity index (χ0) is 22.3. The van der Waals surface area contributed by atoms with Crippen molar-refractivity contribution >= 4 is 33.2 Å². The fourth-order valence-electron chi connectivity index (χ4n) is 3.05. The van der Waals surface area contributed by atoms with E-state index in [0.29, 0.717) is 10.8 Å². The molecule has 0 spiro atoms. The Balaban J connectivity index is 1.91. The van der Waals surface area contributed by atoms with Crippen LogP contribution in [0, 0.1) is 0 Å². The normalized spacial score (nSPS) is 11.2. The lowest BCUT2D eigenvalue weighted by Gasteiger charge is -2.23. The average molecular weight is 458 g/mol. The third kappa shape index (κ3) is 5.87. The van der Waals surface area contributed by atoms with Gasteiger partial charge in [0, 0.05) is 5.02 Å². The van der Waals surface area contributed by atoms with Crippen molar-refractivity contribution in [2.75, 3.05) is 10.9 Å². The van der Waals surface area contributed by atoms with Gasteiger partial charge in [-0.25, -0.2) is 8.42 Å². The fourth-order valence-corrected chi connectivity index (χ4v) is 4.67. The highest BCUT2D eigenvalue weighted by atomic mass is 35.5. The topological polar surface area (TPSA) is 63.7 Å². The third-order valence-electron chi connectivity index (χ3n) is 4.66. The number of carbonyl (C=O) groups is 1. The largest absolute Gasteiger partial charge is 0.484 e. The molecular formula is C24H24ClNO4S. The average Bonchev–Trinajstić information content (AvgIpc) is 2.78. The number of hydrogen-bond donors (Lipinski definition) is 0.